The molecule has 0 spiro atoms. The first-order valence-electron chi connectivity index (χ1n) is 6.14. The second-order valence-electron chi connectivity index (χ2n) is 4.19. The lowest BCUT2D eigenvalue weighted by Crippen LogP contribution is -2.53. The minimum atomic E-state index is -1.15. The van der Waals surface area contributed by atoms with Crippen molar-refractivity contribution in [3.63, 3.8) is 0 Å². The van der Waals surface area contributed by atoms with Gasteiger partial charge < -0.3 is 0 Å². The van der Waals surface area contributed by atoms with Crippen LogP contribution in [0.1, 0.15) is 10.4 Å². The van der Waals surface area contributed by atoms with Gasteiger partial charge in [0.25, 0.3) is 5.91 Å². The number of imide groups is 1. The van der Waals surface area contributed by atoms with Crippen LogP contribution < -0.4 is 21.7 Å². The van der Waals surface area contributed by atoms with E-state index >= 15 is 0 Å². The molecule has 0 atom stereocenters. The number of halogens is 2. The van der Waals surface area contributed by atoms with Crippen LogP contribution in [0, 0.1) is 11.6 Å². The molecule has 3 amide bonds. The largest absolute Gasteiger partial charge is 0.344 e. The highest BCUT2D eigenvalue weighted by atomic mass is 19.2. The molecule has 0 bridgehead atoms. The summed E-state index contributed by atoms with van der Waals surface area (Å²) in [6, 6.07) is 9.80. The molecule has 2 aromatic rings. The maximum atomic E-state index is 13.2. The predicted octanol–water partition coefficient (Wildman–Crippen LogP) is 1.70. The van der Waals surface area contributed by atoms with E-state index in [1.807, 2.05) is 5.53 Å². The number of carbonyl (C=O) groups excluding carboxylic acids is 2. The van der Waals surface area contributed by atoms with Crippen molar-refractivity contribution in [2.24, 2.45) is 5.84 Å². The smallest absolute Gasteiger partial charge is 0.272 e. The first-order valence-corrected chi connectivity index (χ1v) is 6.14. The molecule has 0 aromatic heterocycles. The van der Waals surface area contributed by atoms with Crippen LogP contribution in [-0.2, 0) is 0 Å². The Kier molecular flexibility index (Phi) is 4.77. The van der Waals surface area contributed by atoms with E-state index in [-0.39, 0.29) is 11.3 Å². The number of hydrogen-bond acceptors (Lipinski definition) is 4. The highest BCUT2D eigenvalue weighted by Crippen LogP contribution is 2.16. The van der Waals surface area contributed by atoms with Gasteiger partial charge in [0.2, 0.25) is 0 Å². The maximum Gasteiger partial charge on any atom is 0.344 e. The van der Waals surface area contributed by atoms with Crippen LogP contribution in [0.2, 0.25) is 0 Å². The molecule has 0 saturated heterocycles. The topological polar surface area (TPSA) is 87.5 Å². The van der Waals surface area contributed by atoms with E-state index in [2.05, 4.69) is 5.32 Å². The van der Waals surface area contributed by atoms with Crippen molar-refractivity contribution in [2.45, 2.75) is 0 Å². The Morgan fingerprint density at radius 1 is 1.00 bits per heavy atom. The fourth-order valence-corrected chi connectivity index (χ4v) is 1.69. The van der Waals surface area contributed by atoms with Crippen molar-refractivity contribution in [1.82, 2.24) is 10.9 Å². The lowest BCUT2D eigenvalue weighted by atomic mass is 10.2. The summed E-state index contributed by atoms with van der Waals surface area (Å²) in [5.41, 5.74) is 2.19. The first-order chi connectivity index (χ1) is 10.5. The van der Waals surface area contributed by atoms with Crippen LogP contribution in [-0.4, -0.2) is 11.9 Å². The quantitative estimate of drug-likeness (QED) is 0.595. The molecule has 0 heterocycles. The van der Waals surface area contributed by atoms with Gasteiger partial charge in [0.15, 0.2) is 11.6 Å². The van der Waals surface area contributed by atoms with E-state index in [0.29, 0.717) is 5.01 Å². The summed E-state index contributed by atoms with van der Waals surface area (Å²) < 4.78 is 26.1. The fraction of sp³-hybridized carbons (Fsp3) is 0. The third kappa shape index (κ3) is 3.43. The minimum Gasteiger partial charge on any atom is -0.272 e. The Hall–Kier alpha value is -2.84. The van der Waals surface area contributed by atoms with Crippen LogP contribution in [0.4, 0.5) is 19.3 Å². The number of nitrogens with one attached hydrogen (secondary N) is 2. The van der Waals surface area contributed by atoms with E-state index in [9.17, 15) is 18.4 Å². The molecule has 0 unspecified atom stereocenters. The molecule has 2 rings (SSSR count). The van der Waals surface area contributed by atoms with E-state index in [1.165, 1.54) is 12.1 Å². The van der Waals surface area contributed by atoms with Crippen LogP contribution in [0.25, 0.3) is 0 Å². The summed E-state index contributed by atoms with van der Waals surface area (Å²) >= 11 is 0. The molecule has 2 aromatic carbocycles. The number of urea groups is 1. The van der Waals surface area contributed by atoms with Gasteiger partial charge in [-0.05, 0) is 24.3 Å². The molecule has 4 N–H and O–H groups in total. The van der Waals surface area contributed by atoms with Gasteiger partial charge in [-0.1, -0.05) is 18.2 Å². The van der Waals surface area contributed by atoms with Crippen LogP contribution in [0.15, 0.2) is 48.5 Å². The Labute approximate surface area is 124 Å². The number of carbonyl (C=O) groups is 2. The van der Waals surface area contributed by atoms with E-state index < -0.39 is 23.6 Å². The number of rotatable bonds is 3. The standard InChI is InChI=1S/C14H12F2N4O2/c15-11-7-6-10(8-12(11)16)20(19-17)14(22)18-13(21)9-4-2-1-3-5-9/h1-8,19H,17H2,(H,18,21,22). The van der Waals surface area contributed by atoms with Crippen molar-refractivity contribution in [3.05, 3.63) is 65.7 Å². The van der Waals surface area contributed by atoms with Gasteiger partial charge in [0.1, 0.15) is 0 Å². The Morgan fingerprint density at radius 3 is 2.27 bits per heavy atom. The number of anilines is 1. The van der Waals surface area contributed by atoms with Gasteiger partial charge in [0.05, 0.1) is 5.69 Å². The SMILES string of the molecule is NNN(C(=O)NC(=O)c1ccccc1)c1ccc(F)c(F)c1. The zero-order valence-electron chi connectivity index (χ0n) is 11.2. The van der Waals surface area contributed by atoms with E-state index in [0.717, 1.165) is 18.2 Å². The summed E-state index contributed by atoms with van der Waals surface area (Å²) in [7, 11) is 0. The molecule has 8 heteroatoms. The minimum absolute atomic E-state index is 0.0697. The van der Waals surface area contributed by atoms with Gasteiger partial charge in [-0.25, -0.2) is 18.6 Å². The molecule has 0 radical (unpaired) electrons. The summed E-state index contributed by atoms with van der Waals surface area (Å²) in [5.74, 6) is 2.32. The van der Waals surface area contributed by atoms with Crippen molar-refractivity contribution >= 4 is 17.6 Å². The number of hydrazine groups is 2. The van der Waals surface area contributed by atoms with Crippen LogP contribution in [0.3, 0.4) is 0 Å². The number of benzene rings is 2. The molecule has 0 aliphatic carbocycles. The second-order valence-corrected chi connectivity index (χ2v) is 4.19. The molecule has 0 aliphatic rings. The summed E-state index contributed by atoms with van der Waals surface area (Å²) in [6.07, 6.45) is 0. The Morgan fingerprint density at radius 2 is 1.68 bits per heavy atom. The van der Waals surface area contributed by atoms with Gasteiger partial charge in [-0.15, -0.1) is 0 Å². The van der Waals surface area contributed by atoms with Gasteiger partial charge in [-0.3, -0.25) is 16.0 Å². The molecule has 6 nitrogen and oxygen atoms in total. The predicted molar refractivity (Wildman–Crippen MR) is 75.5 cm³/mol. The molecule has 0 aliphatic heterocycles. The molecule has 0 saturated carbocycles. The summed E-state index contributed by atoms with van der Waals surface area (Å²) in [5, 5.41) is 2.74. The van der Waals surface area contributed by atoms with Crippen molar-refractivity contribution in [1.29, 1.82) is 0 Å². The maximum absolute atomic E-state index is 13.2. The molecule has 0 fully saturated rings. The zero-order chi connectivity index (χ0) is 16.1. The number of nitrogens with two attached hydrogens (primary N) is 1. The molecule has 114 valence electrons. The highest BCUT2D eigenvalue weighted by Gasteiger charge is 2.19. The van der Waals surface area contributed by atoms with E-state index in [4.69, 9.17) is 5.84 Å². The molecule has 22 heavy (non-hydrogen) atoms. The first kappa shape index (κ1) is 15.5. The number of hydrogen-bond donors (Lipinski definition) is 3. The fourth-order valence-electron chi connectivity index (χ4n) is 1.69. The Balaban J connectivity index is 2.15. The molecular formula is C14H12F2N4O2. The van der Waals surface area contributed by atoms with Crippen LogP contribution >= 0.6 is 0 Å². The highest BCUT2D eigenvalue weighted by molar-refractivity contribution is 6.08. The zero-order valence-corrected chi connectivity index (χ0v) is 11.2. The third-order valence-electron chi connectivity index (χ3n) is 2.75. The Bertz CT molecular complexity index is 694. The third-order valence-corrected chi connectivity index (χ3v) is 2.75. The van der Waals surface area contributed by atoms with Crippen molar-refractivity contribution in [3.8, 4) is 0 Å². The van der Waals surface area contributed by atoms with Gasteiger partial charge in [-0.2, -0.15) is 5.53 Å². The average molecular weight is 306 g/mol. The normalized spacial score (nSPS) is 10.1. The number of amides is 3. The monoisotopic (exact) mass is 306 g/mol. The van der Waals surface area contributed by atoms with Gasteiger partial charge >= 0.3 is 6.03 Å². The van der Waals surface area contributed by atoms with Gasteiger partial charge in [0, 0.05) is 11.6 Å². The lowest BCUT2D eigenvalue weighted by molar-refractivity contribution is 0.0965. The second kappa shape index (κ2) is 6.74. The summed E-state index contributed by atoms with van der Waals surface area (Å²) in [4.78, 5) is 23.9. The van der Waals surface area contributed by atoms with Crippen LogP contribution in [0.5, 0.6) is 0 Å². The molecular weight excluding hydrogens is 294 g/mol. The van der Waals surface area contributed by atoms with Crippen molar-refractivity contribution in [2.75, 3.05) is 5.01 Å². The van der Waals surface area contributed by atoms with Crippen molar-refractivity contribution < 1.29 is 18.4 Å². The average Bonchev–Trinajstić information content (AvgIpc) is 2.52. The lowest BCUT2D eigenvalue weighted by Gasteiger charge is -2.20. The number of nitrogens with zero attached hydrogens (tertiary/aromatic N) is 1. The summed E-state index contributed by atoms with van der Waals surface area (Å²) in [6.45, 7) is 0. The van der Waals surface area contributed by atoms with E-state index in [1.54, 1.807) is 18.2 Å².